The normalized spacial score (nSPS) is 13.1. The number of nitrogens with one attached hydrogen (secondary N) is 1. The minimum Gasteiger partial charge on any atom is -0.497 e. The SMILES string of the molecule is CCC(NC(=O)c1ccc(S(C)(=O)=O)s1)(Oc1ccc2c(cnn2-c2ccc(F)cc2)c1)c1cccc(OC)c1. The minimum atomic E-state index is -3.45. The molecule has 11 heteroatoms. The number of ether oxygens (including phenoxy) is 2. The van der Waals surface area contributed by atoms with Gasteiger partial charge in [0, 0.05) is 23.6 Å². The average molecular weight is 580 g/mol. The van der Waals surface area contributed by atoms with E-state index in [0.29, 0.717) is 29.2 Å². The molecule has 1 atom stereocenters. The molecule has 206 valence electrons. The summed E-state index contributed by atoms with van der Waals surface area (Å²) in [7, 11) is -1.90. The largest absolute Gasteiger partial charge is 0.497 e. The van der Waals surface area contributed by atoms with Gasteiger partial charge in [-0.05, 0) is 66.7 Å². The van der Waals surface area contributed by atoms with Crippen molar-refractivity contribution in [2.24, 2.45) is 0 Å². The van der Waals surface area contributed by atoms with Gasteiger partial charge in [-0.25, -0.2) is 17.5 Å². The highest BCUT2D eigenvalue weighted by molar-refractivity contribution is 7.92. The van der Waals surface area contributed by atoms with Gasteiger partial charge in [0.25, 0.3) is 5.91 Å². The third kappa shape index (κ3) is 5.43. The van der Waals surface area contributed by atoms with Crippen LogP contribution in [0.4, 0.5) is 4.39 Å². The topological polar surface area (TPSA) is 99.5 Å². The van der Waals surface area contributed by atoms with Gasteiger partial charge >= 0.3 is 0 Å². The number of methoxy groups -OCH3 is 1. The van der Waals surface area contributed by atoms with Crippen molar-refractivity contribution in [1.82, 2.24) is 15.1 Å². The van der Waals surface area contributed by atoms with E-state index < -0.39 is 21.5 Å². The molecule has 40 heavy (non-hydrogen) atoms. The predicted molar refractivity (Wildman–Crippen MR) is 152 cm³/mol. The van der Waals surface area contributed by atoms with E-state index in [1.807, 2.05) is 25.1 Å². The zero-order chi connectivity index (χ0) is 28.5. The lowest BCUT2D eigenvalue weighted by atomic mass is 9.98. The first-order valence-electron chi connectivity index (χ1n) is 12.3. The summed E-state index contributed by atoms with van der Waals surface area (Å²) < 4.78 is 51.1. The van der Waals surface area contributed by atoms with Crippen molar-refractivity contribution in [3.63, 3.8) is 0 Å². The van der Waals surface area contributed by atoms with Gasteiger partial charge < -0.3 is 14.8 Å². The molecular weight excluding hydrogens is 553 g/mol. The summed E-state index contributed by atoms with van der Waals surface area (Å²) in [6.45, 7) is 1.88. The van der Waals surface area contributed by atoms with Crippen molar-refractivity contribution < 1.29 is 27.1 Å². The van der Waals surface area contributed by atoms with Gasteiger partial charge in [-0.1, -0.05) is 19.1 Å². The summed E-state index contributed by atoms with van der Waals surface area (Å²) >= 11 is 0.897. The highest BCUT2D eigenvalue weighted by Gasteiger charge is 2.36. The Morgan fingerprint density at radius 3 is 2.50 bits per heavy atom. The number of halogens is 1. The zero-order valence-electron chi connectivity index (χ0n) is 21.9. The van der Waals surface area contributed by atoms with Gasteiger partial charge in [0.05, 0.1) is 29.4 Å². The van der Waals surface area contributed by atoms with Crippen molar-refractivity contribution in [3.05, 3.63) is 101 Å². The van der Waals surface area contributed by atoms with Crippen LogP contribution in [0.2, 0.25) is 0 Å². The minimum absolute atomic E-state index is 0.102. The van der Waals surface area contributed by atoms with Crippen LogP contribution in [0.1, 0.15) is 28.6 Å². The third-order valence-electron chi connectivity index (χ3n) is 6.42. The van der Waals surface area contributed by atoms with Crippen LogP contribution >= 0.6 is 11.3 Å². The number of hydrogen-bond donors (Lipinski definition) is 1. The summed E-state index contributed by atoms with van der Waals surface area (Å²) in [5.41, 5.74) is 0.825. The van der Waals surface area contributed by atoms with E-state index in [4.69, 9.17) is 9.47 Å². The maximum atomic E-state index is 13.4. The molecule has 0 aliphatic rings. The van der Waals surface area contributed by atoms with Crippen LogP contribution in [0, 0.1) is 5.82 Å². The summed E-state index contributed by atoms with van der Waals surface area (Å²) in [4.78, 5) is 13.7. The Kier molecular flexibility index (Phi) is 7.35. The predicted octanol–water partition coefficient (Wildman–Crippen LogP) is 5.71. The Labute approximate surface area is 234 Å². The Bertz CT molecular complexity index is 1800. The number of hydrogen-bond acceptors (Lipinski definition) is 7. The lowest BCUT2D eigenvalue weighted by molar-refractivity contribution is 0.0231. The van der Waals surface area contributed by atoms with Crippen molar-refractivity contribution in [3.8, 4) is 17.2 Å². The monoisotopic (exact) mass is 579 g/mol. The van der Waals surface area contributed by atoms with Gasteiger partial charge in [-0.15, -0.1) is 11.3 Å². The first kappa shape index (κ1) is 27.4. The summed E-state index contributed by atoms with van der Waals surface area (Å²) in [5.74, 6) is 0.245. The van der Waals surface area contributed by atoms with Crippen LogP contribution in [-0.2, 0) is 15.6 Å². The fourth-order valence-electron chi connectivity index (χ4n) is 4.35. The molecule has 0 fully saturated rings. The molecule has 3 aromatic carbocycles. The molecule has 0 bridgehead atoms. The molecule has 2 heterocycles. The number of benzene rings is 3. The van der Waals surface area contributed by atoms with Crippen molar-refractivity contribution in [2.75, 3.05) is 13.4 Å². The van der Waals surface area contributed by atoms with E-state index in [-0.39, 0.29) is 14.9 Å². The molecule has 5 aromatic rings. The molecule has 0 aliphatic heterocycles. The second kappa shape index (κ2) is 10.7. The Morgan fingerprint density at radius 2 is 1.82 bits per heavy atom. The number of sulfone groups is 1. The van der Waals surface area contributed by atoms with Gasteiger partial charge in [0.15, 0.2) is 9.84 Å². The molecule has 1 unspecified atom stereocenters. The molecule has 0 saturated heterocycles. The number of fused-ring (bicyclic) bond motifs is 1. The number of amides is 1. The van der Waals surface area contributed by atoms with Crippen molar-refractivity contribution >= 4 is 38.0 Å². The van der Waals surface area contributed by atoms with Crippen LogP contribution in [0.15, 0.2) is 89.3 Å². The highest BCUT2D eigenvalue weighted by atomic mass is 32.2. The third-order valence-corrected chi connectivity index (χ3v) is 9.33. The summed E-state index contributed by atoms with van der Waals surface area (Å²) in [5, 5.41) is 8.23. The molecular formula is C29H26FN3O5S2. The fourth-order valence-corrected chi connectivity index (χ4v) is 6.17. The first-order chi connectivity index (χ1) is 19.1. The molecule has 1 N–H and O–H groups in total. The molecule has 5 rings (SSSR count). The van der Waals surface area contributed by atoms with Crippen LogP contribution < -0.4 is 14.8 Å². The molecule has 1 amide bonds. The van der Waals surface area contributed by atoms with Gasteiger partial charge in [-0.2, -0.15) is 5.10 Å². The van der Waals surface area contributed by atoms with E-state index in [9.17, 15) is 17.6 Å². The standard InChI is InChI=1S/C29H26FN3O5S2/c1-4-29(20-6-5-7-23(17-20)37-2,32-28(34)26-14-15-27(39-26)40(3,35)36)38-24-12-13-25-19(16-24)18-31-33(25)22-10-8-21(30)9-11-22/h5-18H,4H2,1-3H3,(H,32,34). The Balaban J connectivity index is 1.53. The maximum absolute atomic E-state index is 13.4. The molecule has 0 aliphatic carbocycles. The summed E-state index contributed by atoms with van der Waals surface area (Å²) in [6, 6.07) is 21.6. The number of thiophene rings is 1. The zero-order valence-corrected chi connectivity index (χ0v) is 23.6. The van der Waals surface area contributed by atoms with Gasteiger partial charge in [-0.3, -0.25) is 4.79 Å². The summed E-state index contributed by atoms with van der Waals surface area (Å²) in [6.07, 6.45) is 3.12. The molecule has 0 spiro atoms. The Morgan fingerprint density at radius 1 is 1.05 bits per heavy atom. The number of carbonyl (C=O) groups excluding carboxylic acids is 1. The smallest absolute Gasteiger partial charge is 0.264 e. The van der Waals surface area contributed by atoms with Crippen LogP contribution in [0.25, 0.3) is 16.6 Å². The highest BCUT2D eigenvalue weighted by Crippen LogP contribution is 2.34. The Hall–Kier alpha value is -4.22. The van der Waals surface area contributed by atoms with Gasteiger partial charge in [0.1, 0.15) is 21.5 Å². The van der Waals surface area contributed by atoms with Crippen molar-refractivity contribution in [2.45, 2.75) is 23.3 Å². The molecule has 0 saturated carbocycles. The lowest BCUT2D eigenvalue weighted by Gasteiger charge is -2.35. The lowest BCUT2D eigenvalue weighted by Crippen LogP contribution is -2.49. The quantitative estimate of drug-likeness (QED) is 0.225. The molecule has 0 radical (unpaired) electrons. The first-order valence-corrected chi connectivity index (χ1v) is 15.0. The molecule has 8 nitrogen and oxygen atoms in total. The number of nitrogens with zero attached hydrogens (tertiary/aromatic N) is 2. The van der Waals surface area contributed by atoms with E-state index in [2.05, 4.69) is 10.4 Å². The van der Waals surface area contributed by atoms with E-state index in [1.54, 1.807) is 54.4 Å². The maximum Gasteiger partial charge on any atom is 0.264 e. The number of carbonyl (C=O) groups is 1. The number of aromatic nitrogens is 2. The second-order valence-corrected chi connectivity index (χ2v) is 12.4. The van der Waals surface area contributed by atoms with E-state index in [0.717, 1.165) is 28.5 Å². The number of rotatable bonds is 9. The fraction of sp³-hybridized carbons (Fsp3) is 0.172. The van der Waals surface area contributed by atoms with Crippen LogP contribution in [0.5, 0.6) is 11.5 Å². The molecule has 2 aromatic heterocycles. The second-order valence-electron chi connectivity index (χ2n) is 9.11. The van der Waals surface area contributed by atoms with E-state index >= 15 is 0 Å². The van der Waals surface area contributed by atoms with Crippen LogP contribution in [0.3, 0.4) is 0 Å². The van der Waals surface area contributed by atoms with Crippen molar-refractivity contribution in [1.29, 1.82) is 0 Å². The van der Waals surface area contributed by atoms with Gasteiger partial charge in [0.2, 0.25) is 5.72 Å². The van der Waals surface area contributed by atoms with E-state index in [1.165, 1.54) is 24.3 Å². The average Bonchev–Trinajstić information content (AvgIpc) is 3.61. The van der Waals surface area contributed by atoms with Crippen LogP contribution in [-0.4, -0.2) is 37.5 Å².